The van der Waals surface area contributed by atoms with Crippen molar-refractivity contribution in [2.24, 2.45) is 0 Å². The molecular formula is C9H8BrN3S. The Morgan fingerprint density at radius 3 is 3.07 bits per heavy atom. The van der Waals surface area contributed by atoms with Gasteiger partial charge in [-0.05, 0) is 17.7 Å². The van der Waals surface area contributed by atoms with E-state index in [1.165, 1.54) is 11.9 Å². The van der Waals surface area contributed by atoms with Crippen LogP contribution in [0.1, 0.15) is 5.56 Å². The molecule has 0 aliphatic rings. The van der Waals surface area contributed by atoms with Crippen LogP contribution in [0.5, 0.6) is 0 Å². The van der Waals surface area contributed by atoms with Crippen LogP contribution >= 0.6 is 27.7 Å². The number of aromatic amines is 1. The van der Waals surface area contributed by atoms with Gasteiger partial charge in [0.2, 0.25) is 0 Å². The predicted molar refractivity (Wildman–Crippen MR) is 60.1 cm³/mol. The Bertz CT molecular complexity index is 402. The molecule has 1 heterocycles. The van der Waals surface area contributed by atoms with Gasteiger partial charge in [-0.15, -0.1) is 0 Å². The monoisotopic (exact) mass is 269 g/mol. The Kier molecular flexibility index (Phi) is 3.21. The Balaban J connectivity index is 1.98. The second-order valence-electron chi connectivity index (χ2n) is 2.71. The molecule has 0 bridgehead atoms. The van der Waals surface area contributed by atoms with Crippen molar-refractivity contribution in [1.82, 2.24) is 15.2 Å². The smallest absolute Gasteiger partial charge is 0.183 e. The molecule has 0 aliphatic heterocycles. The third kappa shape index (κ3) is 2.59. The second-order valence-corrected chi connectivity index (χ2v) is 4.59. The molecule has 3 nitrogen and oxygen atoms in total. The van der Waals surface area contributed by atoms with Crippen LogP contribution in [0.2, 0.25) is 0 Å². The minimum atomic E-state index is 0.852. The number of hydrogen-bond donors (Lipinski definition) is 1. The zero-order chi connectivity index (χ0) is 9.80. The van der Waals surface area contributed by atoms with Crippen molar-refractivity contribution < 1.29 is 0 Å². The van der Waals surface area contributed by atoms with Gasteiger partial charge in [-0.3, -0.25) is 5.10 Å². The molecule has 0 radical (unpaired) electrons. The highest BCUT2D eigenvalue weighted by Crippen LogP contribution is 2.20. The average molecular weight is 270 g/mol. The van der Waals surface area contributed by atoms with Crippen LogP contribution in [0, 0.1) is 0 Å². The first-order valence-electron chi connectivity index (χ1n) is 4.07. The van der Waals surface area contributed by atoms with Gasteiger partial charge in [-0.1, -0.05) is 39.8 Å². The van der Waals surface area contributed by atoms with Gasteiger partial charge in [0, 0.05) is 10.2 Å². The Morgan fingerprint density at radius 2 is 2.36 bits per heavy atom. The first-order valence-corrected chi connectivity index (χ1v) is 5.85. The number of benzene rings is 1. The number of aromatic nitrogens is 3. The molecule has 0 aliphatic carbocycles. The Labute approximate surface area is 94.5 Å². The lowest BCUT2D eigenvalue weighted by Gasteiger charge is -1.98. The third-order valence-corrected chi connectivity index (χ3v) is 3.10. The molecule has 1 aromatic carbocycles. The van der Waals surface area contributed by atoms with E-state index in [2.05, 4.69) is 43.2 Å². The molecule has 0 fully saturated rings. The maximum absolute atomic E-state index is 4.04. The van der Waals surface area contributed by atoms with Gasteiger partial charge in [-0.2, -0.15) is 5.10 Å². The van der Waals surface area contributed by atoms with Crippen LogP contribution in [0.3, 0.4) is 0 Å². The second kappa shape index (κ2) is 4.61. The van der Waals surface area contributed by atoms with E-state index in [1.807, 2.05) is 12.1 Å². The molecule has 0 amide bonds. The van der Waals surface area contributed by atoms with Crippen molar-refractivity contribution in [2.45, 2.75) is 10.9 Å². The summed E-state index contributed by atoms with van der Waals surface area (Å²) in [6.45, 7) is 0. The summed E-state index contributed by atoms with van der Waals surface area (Å²) >= 11 is 5.07. The van der Waals surface area contributed by atoms with E-state index < -0.39 is 0 Å². The number of hydrogen-bond acceptors (Lipinski definition) is 3. The highest BCUT2D eigenvalue weighted by Gasteiger charge is 1.98. The number of nitrogens with zero attached hydrogens (tertiary/aromatic N) is 2. The molecule has 0 saturated heterocycles. The first-order chi connectivity index (χ1) is 6.84. The molecule has 5 heteroatoms. The summed E-state index contributed by atoms with van der Waals surface area (Å²) in [6, 6.07) is 8.24. The van der Waals surface area contributed by atoms with E-state index in [0.29, 0.717) is 0 Å². The van der Waals surface area contributed by atoms with Gasteiger partial charge in [0.1, 0.15) is 6.33 Å². The largest absolute Gasteiger partial charge is 0.254 e. The van der Waals surface area contributed by atoms with Crippen molar-refractivity contribution in [1.29, 1.82) is 0 Å². The van der Waals surface area contributed by atoms with Crippen molar-refractivity contribution in [3.8, 4) is 0 Å². The number of thioether (sulfide) groups is 1. The summed E-state index contributed by atoms with van der Waals surface area (Å²) in [7, 11) is 0. The quantitative estimate of drug-likeness (QED) is 0.872. The van der Waals surface area contributed by atoms with Crippen LogP contribution in [0.15, 0.2) is 40.2 Å². The maximum Gasteiger partial charge on any atom is 0.183 e. The molecule has 14 heavy (non-hydrogen) atoms. The van der Waals surface area contributed by atoms with Gasteiger partial charge in [0.15, 0.2) is 5.16 Å². The van der Waals surface area contributed by atoms with Crippen molar-refractivity contribution in [2.75, 3.05) is 0 Å². The number of H-pyrrole nitrogens is 1. The summed E-state index contributed by atoms with van der Waals surface area (Å²) in [6.07, 6.45) is 1.52. The summed E-state index contributed by atoms with van der Waals surface area (Å²) in [5.74, 6) is 0.897. The topological polar surface area (TPSA) is 41.6 Å². The predicted octanol–water partition coefficient (Wildman–Crippen LogP) is 2.86. The lowest BCUT2D eigenvalue weighted by molar-refractivity contribution is 0.973. The SMILES string of the molecule is Brc1cccc(CSc2ncn[nH]2)c1. The third-order valence-electron chi connectivity index (χ3n) is 1.66. The van der Waals surface area contributed by atoms with Crippen LogP contribution in [-0.4, -0.2) is 15.2 Å². The number of rotatable bonds is 3. The lowest BCUT2D eigenvalue weighted by atomic mass is 10.2. The van der Waals surface area contributed by atoms with Gasteiger partial charge in [0.25, 0.3) is 0 Å². The van der Waals surface area contributed by atoms with Crippen molar-refractivity contribution in [3.05, 3.63) is 40.6 Å². The van der Waals surface area contributed by atoms with E-state index in [1.54, 1.807) is 11.8 Å². The molecule has 72 valence electrons. The fourth-order valence-electron chi connectivity index (χ4n) is 1.04. The molecule has 2 rings (SSSR count). The normalized spacial score (nSPS) is 10.4. The molecule has 0 saturated carbocycles. The van der Waals surface area contributed by atoms with Crippen molar-refractivity contribution in [3.63, 3.8) is 0 Å². The zero-order valence-corrected chi connectivity index (χ0v) is 9.68. The first kappa shape index (κ1) is 9.73. The maximum atomic E-state index is 4.04. The molecule has 0 unspecified atom stereocenters. The average Bonchev–Trinajstić information content (AvgIpc) is 2.67. The summed E-state index contributed by atoms with van der Waals surface area (Å²) in [5, 5.41) is 7.45. The Hall–Kier alpha value is -0.810. The fraction of sp³-hybridized carbons (Fsp3) is 0.111. The van der Waals surface area contributed by atoms with Gasteiger partial charge in [0.05, 0.1) is 0 Å². The van der Waals surface area contributed by atoms with Gasteiger partial charge >= 0.3 is 0 Å². The fourth-order valence-corrected chi connectivity index (χ4v) is 2.21. The van der Waals surface area contributed by atoms with E-state index in [0.717, 1.165) is 15.4 Å². The minimum Gasteiger partial charge on any atom is -0.254 e. The molecule has 2 aromatic rings. The van der Waals surface area contributed by atoms with Crippen molar-refractivity contribution >= 4 is 27.7 Å². The molecular weight excluding hydrogens is 262 g/mol. The summed E-state index contributed by atoms with van der Waals surface area (Å²) in [4.78, 5) is 4.04. The van der Waals surface area contributed by atoms with E-state index in [4.69, 9.17) is 0 Å². The Morgan fingerprint density at radius 1 is 1.43 bits per heavy atom. The minimum absolute atomic E-state index is 0.852. The summed E-state index contributed by atoms with van der Waals surface area (Å²) in [5.41, 5.74) is 1.26. The van der Waals surface area contributed by atoms with E-state index in [9.17, 15) is 0 Å². The summed E-state index contributed by atoms with van der Waals surface area (Å²) < 4.78 is 1.10. The number of halogens is 1. The highest BCUT2D eigenvalue weighted by molar-refractivity contribution is 9.10. The highest BCUT2D eigenvalue weighted by atomic mass is 79.9. The molecule has 1 aromatic heterocycles. The van der Waals surface area contributed by atoms with E-state index >= 15 is 0 Å². The number of nitrogens with one attached hydrogen (secondary N) is 1. The van der Waals surface area contributed by atoms with Gasteiger partial charge in [-0.25, -0.2) is 4.98 Å². The molecule has 1 N–H and O–H groups in total. The van der Waals surface area contributed by atoms with Crippen LogP contribution < -0.4 is 0 Å². The van der Waals surface area contributed by atoms with Crippen LogP contribution in [-0.2, 0) is 5.75 Å². The molecule has 0 atom stereocenters. The standard InChI is InChI=1S/C9H8BrN3S/c10-8-3-1-2-7(4-8)5-14-9-11-6-12-13-9/h1-4,6H,5H2,(H,11,12,13). The van der Waals surface area contributed by atoms with Gasteiger partial charge < -0.3 is 0 Å². The lowest BCUT2D eigenvalue weighted by Crippen LogP contribution is -1.81. The van der Waals surface area contributed by atoms with Crippen LogP contribution in [0.25, 0.3) is 0 Å². The molecule has 0 spiro atoms. The zero-order valence-electron chi connectivity index (χ0n) is 7.27. The van der Waals surface area contributed by atoms with E-state index in [-0.39, 0.29) is 0 Å². The van der Waals surface area contributed by atoms with Crippen LogP contribution in [0.4, 0.5) is 0 Å².